The van der Waals surface area contributed by atoms with Gasteiger partial charge in [-0.3, -0.25) is 0 Å². The van der Waals surface area contributed by atoms with Gasteiger partial charge >= 0.3 is 0 Å². The SMILES string of the molecule is NNc1ccc[n+]([O-])n1. The Morgan fingerprint density at radius 2 is 2.56 bits per heavy atom. The first kappa shape index (κ1) is 5.77. The van der Waals surface area contributed by atoms with E-state index >= 15 is 0 Å². The van der Waals surface area contributed by atoms with Crippen LogP contribution in [0.1, 0.15) is 0 Å². The van der Waals surface area contributed by atoms with Crippen LogP contribution in [0.4, 0.5) is 5.82 Å². The molecule has 0 aliphatic rings. The summed E-state index contributed by atoms with van der Waals surface area (Å²) in [5.74, 6) is 5.31. The Balaban J connectivity index is 2.94. The van der Waals surface area contributed by atoms with E-state index < -0.39 is 0 Å². The summed E-state index contributed by atoms with van der Waals surface area (Å²) in [5.41, 5.74) is 2.24. The number of hydrogen-bond donors (Lipinski definition) is 2. The average Bonchev–Trinajstić information content (AvgIpc) is 1.88. The minimum Gasteiger partial charge on any atom is -0.594 e. The third-order valence-electron chi connectivity index (χ3n) is 0.822. The maximum atomic E-state index is 10.4. The molecule has 0 fully saturated rings. The van der Waals surface area contributed by atoms with Crippen LogP contribution in [-0.4, -0.2) is 5.10 Å². The van der Waals surface area contributed by atoms with Crippen LogP contribution in [0.3, 0.4) is 0 Å². The molecule has 0 radical (unpaired) electrons. The van der Waals surface area contributed by atoms with Gasteiger partial charge in [-0.25, -0.2) is 5.84 Å². The molecular weight excluding hydrogens is 120 g/mol. The molecule has 1 aromatic heterocycles. The Kier molecular flexibility index (Phi) is 1.46. The Labute approximate surface area is 51.7 Å². The Hall–Kier alpha value is -1.36. The Bertz CT molecular complexity index is 202. The lowest BCUT2D eigenvalue weighted by molar-refractivity contribution is -0.667. The number of hydrogen-bond acceptors (Lipinski definition) is 4. The molecule has 5 heteroatoms. The van der Waals surface area contributed by atoms with Gasteiger partial charge in [0.1, 0.15) is 0 Å². The highest BCUT2D eigenvalue weighted by Crippen LogP contribution is 1.90. The highest BCUT2D eigenvalue weighted by molar-refractivity contribution is 5.27. The third kappa shape index (κ3) is 1.26. The van der Waals surface area contributed by atoms with E-state index in [0.29, 0.717) is 10.7 Å². The predicted molar refractivity (Wildman–Crippen MR) is 31.0 cm³/mol. The summed E-state index contributed by atoms with van der Waals surface area (Å²) in [4.78, 5) is 0.426. The van der Waals surface area contributed by atoms with Crippen molar-refractivity contribution < 1.29 is 4.85 Å². The first-order chi connectivity index (χ1) is 4.33. The van der Waals surface area contributed by atoms with Gasteiger partial charge in [0.2, 0.25) is 12.0 Å². The number of anilines is 1. The van der Waals surface area contributed by atoms with Crippen molar-refractivity contribution in [3.8, 4) is 0 Å². The van der Waals surface area contributed by atoms with Gasteiger partial charge in [0.25, 0.3) is 0 Å². The molecular formula is C4H6N4O. The molecule has 3 N–H and O–H groups in total. The molecule has 0 saturated carbocycles. The van der Waals surface area contributed by atoms with Gasteiger partial charge in [-0.05, 0) is 6.07 Å². The van der Waals surface area contributed by atoms with E-state index in [0.717, 1.165) is 0 Å². The van der Waals surface area contributed by atoms with E-state index in [1.165, 1.54) is 6.20 Å². The van der Waals surface area contributed by atoms with Crippen molar-refractivity contribution in [2.45, 2.75) is 0 Å². The van der Waals surface area contributed by atoms with Gasteiger partial charge in [0.05, 0.1) is 0 Å². The van der Waals surface area contributed by atoms with Crippen LogP contribution in [0.2, 0.25) is 0 Å². The lowest BCUT2D eigenvalue weighted by atomic mass is 10.5. The molecule has 48 valence electrons. The lowest BCUT2D eigenvalue weighted by Gasteiger charge is -1.94. The number of rotatable bonds is 1. The monoisotopic (exact) mass is 126 g/mol. The van der Waals surface area contributed by atoms with Crippen molar-refractivity contribution in [2.24, 2.45) is 5.84 Å². The average molecular weight is 126 g/mol. The number of nitrogens with two attached hydrogens (primary N) is 1. The summed E-state index contributed by atoms with van der Waals surface area (Å²) in [6, 6.07) is 3.14. The molecule has 1 heterocycles. The van der Waals surface area contributed by atoms with Crippen LogP contribution in [0.15, 0.2) is 18.3 Å². The molecule has 1 aromatic rings. The van der Waals surface area contributed by atoms with E-state index in [9.17, 15) is 5.21 Å². The summed E-state index contributed by atoms with van der Waals surface area (Å²) in [6.07, 6.45) is 1.28. The lowest BCUT2D eigenvalue weighted by Crippen LogP contribution is -2.31. The van der Waals surface area contributed by atoms with E-state index in [2.05, 4.69) is 10.5 Å². The molecule has 0 amide bonds. The highest BCUT2D eigenvalue weighted by atomic mass is 16.5. The molecule has 0 aliphatic carbocycles. The van der Waals surface area contributed by atoms with Crippen LogP contribution in [0.5, 0.6) is 0 Å². The molecule has 0 aromatic carbocycles. The van der Waals surface area contributed by atoms with E-state index in [-0.39, 0.29) is 0 Å². The molecule has 0 saturated heterocycles. The molecule has 0 bridgehead atoms. The quantitative estimate of drug-likeness (QED) is 0.219. The normalized spacial score (nSPS) is 9.00. The second kappa shape index (κ2) is 2.27. The summed E-state index contributed by atoms with van der Waals surface area (Å²) < 4.78 is 0. The maximum absolute atomic E-state index is 10.4. The van der Waals surface area contributed by atoms with Gasteiger partial charge in [0.15, 0.2) is 0 Å². The summed E-state index contributed by atoms with van der Waals surface area (Å²) in [7, 11) is 0. The van der Waals surface area contributed by atoms with Gasteiger partial charge in [0, 0.05) is 11.2 Å². The predicted octanol–water partition coefficient (Wildman–Crippen LogP) is -0.999. The first-order valence-corrected chi connectivity index (χ1v) is 2.36. The van der Waals surface area contributed by atoms with Crippen LogP contribution in [-0.2, 0) is 0 Å². The topological polar surface area (TPSA) is 77.9 Å². The fourth-order valence-corrected chi connectivity index (χ4v) is 0.458. The molecule has 0 spiro atoms. The highest BCUT2D eigenvalue weighted by Gasteiger charge is 1.92. The first-order valence-electron chi connectivity index (χ1n) is 2.36. The second-order valence-electron chi connectivity index (χ2n) is 1.44. The minimum absolute atomic E-state index is 0.354. The van der Waals surface area contributed by atoms with Crippen molar-refractivity contribution in [2.75, 3.05) is 5.43 Å². The van der Waals surface area contributed by atoms with Gasteiger partial charge < -0.3 is 10.6 Å². The number of aromatic nitrogens is 2. The van der Waals surface area contributed by atoms with Crippen molar-refractivity contribution >= 4 is 5.82 Å². The van der Waals surface area contributed by atoms with Crippen molar-refractivity contribution in [1.82, 2.24) is 5.10 Å². The van der Waals surface area contributed by atoms with Crippen molar-refractivity contribution in [3.05, 3.63) is 23.5 Å². The van der Waals surface area contributed by atoms with Gasteiger partial charge in [-0.15, -0.1) is 0 Å². The molecule has 0 atom stereocenters. The van der Waals surface area contributed by atoms with E-state index in [1.807, 2.05) is 0 Å². The zero-order valence-electron chi connectivity index (χ0n) is 4.61. The van der Waals surface area contributed by atoms with Crippen molar-refractivity contribution in [1.29, 1.82) is 0 Å². The summed E-state index contributed by atoms with van der Waals surface area (Å²) in [6.45, 7) is 0. The third-order valence-corrected chi connectivity index (χ3v) is 0.822. The van der Waals surface area contributed by atoms with E-state index in [1.54, 1.807) is 12.1 Å². The number of nitrogens with one attached hydrogen (secondary N) is 1. The maximum Gasteiger partial charge on any atom is 0.210 e. The van der Waals surface area contributed by atoms with Gasteiger partial charge in [-0.1, -0.05) is 4.85 Å². The fraction of sp³-hybridized carbons (Fsp3) is 0. The molecule has 9 heavy (non-hydrogen) atoms. The summed E-state index contributed by atoms with van der Waals surface area (Å²) in [5, 5.41) is 13.8. The smallest absolute Gasteiger partial charge is 0.210 e. The number of nitrogen functional groups attached to an aromatic ring is 1. The van der Waals surface area contributed by atoms with E-state index in [4.69, 9.17) is 5.84 Å². The van der Waals surface area contributed by atoms with Gasteiger partial charge in [-0.2, -0.15) is 0 Å². The molecule has 0 aliphatic heterocycles. The van der Waals surface area contributed by atoms with Crippen LogP contribution >= 0.6 is 0 Å². The zero-order chi connectivity index (χ0) is 6.69. The zero-order valence-corrected chi connectivity index (χ0v) is 4.61. The van der Waals surface area contributed by atoms with Crippen LogP contribution in [0.25, 0.3) is 0 Å². The second-order valence-corrected chi connectivity index (χ2v) is 1.44. The molecule has 1 rings (SSSR count). The fourth-order valence-electron chi connectivity index (χ4n) is 0.458. The summed E-state index contributed by atoms with van der Waals surface area (Å²) >= 11 is 0. The molecule has 5 nitrogen and oxygen atoms in total. The van der Waals surface area contributed by atoms with Crippen LogP contribution < -0.4 is 16.1 Å². The van der Waals surface area contributed by atoms with Crippen molar-refractivity contribution in [3.63, 3.8) is 0 Å². The Morgan fingerprint density at radius 3 is 3.00 bits per heavy atom. The number of hydrazine groups is 1. The van der Waals surface area contributed by atoms with Crippen LogP contribution in [0, 0.1) is 5.21 Å². The molecule has 0 unspecified atom stereocenters. The largest absolute Gasteiger partial charge is 0.594 e. The Morgan fingerprint density at radius 1 is 1.78 bits per heavy atom. The number of nitrogens with zero attached hydrogens (tertiary/aromatic N) is 2. The standard InChI is InChI=1S/C4H6N4O/c5-6-4-2-1-3-8(9)7-4/h1-3H,5H2,(H,6,7). The minimum atomic E-state index is 0.354.